The number of anilines is 1. The number of hydrogen-bond donors (Lipinski definition) is 3. The minimum Gasteiger partial charge on any atom is -0.494 e. The van der Waals surface area contributed by atoms with E-state index >= 15 is 0 Å². The second-order valence-electron chi connectivity index (χ2n) is 5.57. The minimum atomic E-state index is -1.30. The fourth-order valence-electron chi connectivity index (χ4n) is 2.02. The molecule has 23 heavy (non-hydrogen) atoms. The average Bonchev–Trinajstić information content (AvgIpc) is 2.56. The Hall–Kier alpha value is -2.37. The van der Waals surface area contributed by atoms with Gasteiger partial charge in [0.25, 0.3) is 0 Å². The number of nitrogens with one attached hydrogen (secondary N) is 1. The Kier molecular flexibility index (Phi) is 5.36. The van der Waals surface area contributed by atoms with E-state index in [4.69, 9.17) is 15.6 Å². The maximum absolute atomic E-state index is 11.9. The Balaban J connectivity index is 2.13. The first-order valence-corrected chi connectivity index (χ1v) is 7.51. The number of hydrogen-bond acceptors (Lipinski definition) is 4. The average molecular weight is 314 g/mol. The molecule has 0 saturated heterocycles. The summed E-state index contributed by atoms with van der Waals surface area (Å²) in [5.41, 5.74) is 7.08. The van der Waals surface area contributed by atoms with Crippen molar-refractivity contribution >= 4 is 11.6 Å². The van der Waals surface area contributed by atoms with Crippen molar-refractivity contribution in [2.24, 2.45) is 5.73 Å². The van der Waals surface area contributed by atoms with Crippen LogP contribution in [0.2, 0.25) is 0 Å². The van der Waals surface area contributed by atoms with Crippen LogP contribution in [0.3, 0.4) is 0 Å². The molecule has 0 heterocycles. The lowest BCUT2D eigenvalue weighted by molar-refractivity contribution is -0.121. The van der Waals surface area contributed by atoms with Crippen LogP contribution in [-0.4, -0.2) is 29.8 Å². The Morgan fingerprint density at radius 1 is 1.22 bits per heavy atom. The predicted molar refractivity (Wildman–Crippen MR) is 91.4 cm³/mol. The smallest absolute Gasteiger partial charge is 0.246 e. The van der Waals surface area contributed by atoms with Gasteiger partial charge in [-0.05, 0) is 49.2 Å². The molecule has 2 rings (SSSR count). The summed E-state index contributed by atoms with van der Waals surface area (Å²) in [6.07, 6.45) is 0. The van der Waals surface area contributed by atoms with Crippen LogP contribution in [0.4, 0.5) is 5.69 Å². The third kappa shape index (κ3) is 4.31. The molecule has 5 nitrogen and oxygen atoms in total. The number of aliphatic hydroxyl groups excluding tert-OH is 1. The van der Waals surface area contributed by atoms with Gasteiger partial charge in [0.1, 0.15) is 11.3 Å². The van der Waals surface area contributed by atoms with E-state index in [1.807, 2.05) is 43.3 Å². The summed E-state index contributed by atoms with van der Waals surface area (Å²) >= 11 is 0. The number of aliphatic hydroxyl groups is 1. The molecule has 0 spiro atoms. The van der Waals surface area contributed by atoms with Crippen LogP contribution >= 0.6 is 0 Å². The predicted octanol–water partition coefficient (Wildman–Crippen LogP) is 2.40. The van der Waals surface area contributed by atoms with Crippen LogP contribution in [0.25, 0.3) is 11.1 Å². The summed E-state index contributed by atoms with van der Waals surface area (Å²) in [4.78, 5) is 11.9. The monoisotopic (exact) mass is 314 g/mol. The highest BCUT2D eigenvalue weighted by atomic mass is 16.5. The highest BCUT2D eigenvalue weighted by Crippen LogP contribution is 2.25. The highest BCUT2D eigenvalue weighted by molar-refractivity contribution is 5.97. The first kappa shape index (κ1) is 17.0. The molecule has 1 amide bonds. The quantitative estimate of drug-likeness (QED) is 0.764. The number of benzene rings is 2. The Labute approximate surface area is 136 Å². The minimum absolute atomic E-state index is 0.416. The highest BCUT2D eigenvalue weighted by Gasteiger charge is 2.27. The lowest BCUT2D eigenvalue weighted by Crippen LogP contribution is -2.51. The summed E-state index contributed by atoms with van der Waals surface area (Å²) in [5, 5.41) is 11.8. The van der Waals surface area contributed by atoms with Crippen LogP contribution in [0.15, 0.2) is 48.5 Å². The molecule has 1 atom stereocenters. The van der Waals surface area contributed by atoms with Crippen LogP contribution < -0.4 is 15.8 Å². The lowest BCUT2D eigenvalue weighted by Gasteiger charge is -2.20. The van der Waals surface area contributed by atoms with Crippen molar-refractivity contribution in [2.45, 2.75) is 19.4 Å². The number of amides is 1. The van der Waals surface area contributed by atoms with Gasteiger partial charge in [-0.15, -0.1) is 0 Å². The molecule has 0 aliphatic carbocycles. The molecular formula is C18H22N2O3. The molecule has 0 radical (unpaired) electrons. The summed E-state index contributed by atoms with van der Waals surface area (Å²) in [6.45, 7) is 3.63. The molecule has 0 saturated carbocycles. The molecule has 2 aromatic carbocycles. The van der Waals surface area contributed by atoms with Gasteiger partial charge in [-0.3, -0.25) is 4.79 Å². The summed E-state index contributed by atoms with van der Waals surface area (Å²) < 4.78 is 5.50. The van der Waals surface area contributed by atoms with Crippen molar-refractivity contribution in [2.75, 3.05) is 18.5 Å². The molecule has 2 aromatic rings. The zero-order valence-electron chi connectivity index (χ0n) is 13.4. The fourth-order valence-corrected chi connectivity index (χ4v) is 2.02. The van der Waals surface area contributed by atoms with Crippen LogP contribution in [0.5, 0.6) is 5.75 Å². The first-order chi connectivity index (χ1) is 11.0. The van der Waals surface area contributed by atoms with Crippen molar-refractivity contribution in [1.82, 2.24) is 0 Å². The number of nitrogens with two attached hydrogens (primary N) is 1. The Bertz CT molecular complexity index is 666. The third-order valence-electron chi connectivity index (χ3n) is 3.47. The number of carbonyl (C=O) groups excluding carboxylic acids is 1. The van der Waals surface area contributed by atoms with E-state index < -0.39 is 18.1 Å². The van der Waals surface area contributed by atoms with Gasteiger partial charge < -0.3 is 20.9 Å². The van der Waals surface area contributed by atoms with E-state index in [1.54, 1.807) is 12.1 Å². The van der Waals surface area contributed by atoms with E-state index in [0.717, 1.165) is 16.9 Å². The van der Waals surface area contributed by atoms with Crippen molar-refractivity contribution in [1.29, 1.82) is 0 Å². The molecule has 5 heteroatoms. The van der Waals surface area contributed by atoms with Gasteiger partial charge in [0.2, 0.25) is 5.91 Å². The standard InChI is InChI=1S/C18H22N2O3/c1-3-23-16-6-4-5-14(11-16)13-7-9-15(10-8-13)20-17(22)18(2,19)12-21/h4-11,21H,3,12,19H2,1-2H3,(H,20,22)/t18-/m0/s1. The van der Waals surface area contributed by atoms with E-state index in [9.17, 15) is 4.79 Å². The number of ether oxygens (including phenoxy) is 1. The fraction of sp³-hybridized carbons (Fsp3) is 0.278. The molecule has 0 aliphatic rings. The van der Waals surface area contributed by atoms with Gasteiger partial charge in [-0.2, -0.15) is 0 Å². The van der Waals surface area contributed by atoms with Crippen molar-refractivity contribution in [3.05, 3.63) is 48.5 Å². The summed E-state index contributed by atoms with van der Waals surface area (Å²) in [7, 11) is 0. The zero-order valence-corrected chi connectivity index (χ0v) is 13.4. The molecule has 0 aliphatic heterocycles. The van der Waals surface area contributed by atoms with Crippen molar-refractivity contribution in [3.63, 3.8) is 0 Å². The normalized spacial score (nSPS) is 13.2. The molecule has 122 valence electrons. The van der Waals surface area contributed by atoms with Crippen LogP contribution in [0.1, 0.15) is 13.8 Å². The van der Waals surface area contributed by atoms with Gasteiger partial charge >= 0.3 is 0 Å². The van der Waals surface area contributed by atoms with E-state index in [2.05, 4.69) is 5.32 Å². The summed E-state index contributed by atoms with van der Waals surface area (Å²) in [6, 6.07) is 15.2. The molecule has 4 N–H and O–H groups in total. The van der Waals surface area contributed by atoms with Gasteiger partial charge in [-0.1, -0.05) is 24.3 Å². The Morgan fingerprint density at radius 3 is 2.52 bits per heavy atom. The SMILES string of the molecule is CCOc1cccc(-c2ccc(NC(=O)[C@@](C)(N)CO)cc2)c1. The van der Waals surface area contributed by atoms with Crippen molar-refractivity contribution < 1.29 is 14.6 Å². The molecule has 0 aromatic heterocycles. The van der Waals surface area contributed by atoms with E-state index in [0.29, 0.717) is 12.3 Å². The number of carbonyl (C=O) groups is 1. The molecule has 0 fully saturated rings. The molecular weight excluding hydrogens is 292 g/mol. The Morgan fingerprint density at radius 2 is 1.91 bits per heavy atom. The maximum Gasteiger partial charge on any atom is 0.246 e. The van der Waals surface area contributed by atoms with E-state index in [1.165, 1.54) is 6.92 Å². The van der Waals surface area contributed by atoms with Crippen LogP contribution in [-0.2, 0) is 4.79 Å². The van der Waals surface area contributed by atoms with Crippen LogP contribution in [0, 0.1) is 0 Å². The lowest BCUT2D eigenvalue weighted by atomic mass is 10.0. The molecule has 0 unspecified atom stereocenters. The number of rotatable bonds is 6. The largest absolute Gasteiger partial charge is 0.494 e. The molecule has 0 bridgehead atoms. The second-order valence-corrected chi connectivity index (χ2v) is 5.57. The first-order valence-electron chi connectivity index (χ1n) is 7.51. The summed E-state index contributed by atoms with van der Waals surface area (Å²) in [5.74, 6) is 0.398. The van der Waals surface area contributed by atoms with Gasteiger partial charge in [0.05, 0.1) is 13.2 Å². The topological polar surface area (TPSA) is 84.6 Å². The van der Waals surface area contributed by atoms with Gasteiger partial charge in [-0.25, -0.2) is 0 Å². The van der Waals surface area contributed by atoms with Gasteiger partial charge in [0.15, 0.2) is 0 Å². The zero-order chi connectivity index (χ0) is 16.9. The van der Waals surface area contributed by atoms with Gasteiger partial charge in [0, 0.05) is 5.69 Å². The van der Waals surface area contributed by atoms with Crippen molar-refractivity contribution in [3.8, 4) is 16.9 Å². The third-order valence-corrected chi connectivity index (χ3v) is 3.47. The van der Waals surface area contributed by atoms with E-state index in [-0.39, 0.29) is 0 Å². The second kappa shape index (κ2) is 7.26. The maximum atomic E-state index is 11.9.